The second-order valence-corrected chi connectivity index (χ2v) is 8.89. The summed E-state index contributed by atoms with van der Waals surface area (Å²) in [6.45, 7) is 7.30. The average Bonchev–Trinajstić information content (AvgIpc) is 2.84. The number of pyridine rings is 1. The van der Waals surface area contributed by atoms with Crippen LogP contribution in [0.4, 0.5) is 0 Å². The highest BCUT2D eigenvalue weighted by Crippen LogP contribution is 2.32. The molecular formula is C27H28N4O3. The van der Waals surface area contributed by atoms with Crippen LogP contribution in [0.3, 0.4) is 0 Å². The Morgan fingerprint density at radius 1 is 1.18 bits per heavy atom. The predicted octanol–water partition coefficient (Wildman–Crippen LogP) is 4.84. The number of hydrogen-bond acceptors (Lipinski definition) is 5. The van der Waals surface area contributed by atoms with Crippen molar-refractivity contribution in [1.29, 1.82) is 5.26 Å². The third kappa shape index (κ3) is 4.72. The molecule has 2 aromatic heterocycles. The van der Waals surface area contributed by atoms with Gasteiger partial charge in [0.2, 0.25) is 5.88 Å². The summed E-state index contributed by atoms with van der Waals surface area (Å²) in [5.74, 6) is 0.483. The molecule has 0 radical (unpaired) electrons. The zero-order valence-electron chi connectivity index (χ0n) is 19.7. The first kappa shape index (κ1) is 23.2. The van der Waals surface area contributed by atoms with Gasteiger partial charge in [-0.1, -0.05) is 32.0 Å². The maximum atomic E-state index is 13.4. The minimum atomic E-state index is -0.404. The number of likely N-dealkylation sites (tertiary alicyclic amines) is 1. The number of ether oxygens (including phenoxy) is 1. The van der Waals surface area contributed by atoms with Gasteiger partial charge in [-0.05, 0) is 67.5 Å². The van der Waals surface area contributed by atoms with Crippen LogP contribution in [0.1, 0.15) is 55.7 Å². The molecule has 0 saturated carbocycles. The zero-order chi connectivity index (χ0) is 24.2. The molecular weight excluding hydrogens is 428 g/mol. The molecule has 1 fully saturated rings. The number of aryl methyl sites for hydroxylation is 1. The van der Waals surface area contributed by atoms with Crippen LogP contribution >= 0.6 is 0 Å². The van der Waals surface area contributed by atoms with Crippen molar-refractivity contribution in [2.75, 3.05) is 13.1 Å². The highest BCUT2D eigenvalue weighted by Gasteiger charge is 2.23. The van der Waals surface area contributed by atoms with Crippen LogP contribution in [0.15, 0.2) is 53.0 Å². The van der Waals surface area contributed by atoms with Gasteiger partial charge >= 0.3 is 0 Å². The van der Waals surface area contributed by atoms with Crippen molar-refractivity contribution in [3.8, 4) is 17.7 Å². The lowest BCUT2D eigenvalue weighted by Crippen LogP contribution is -2.36. The number of hydrogen-bond donors (Lipinski definition) is 0. The Bertz CT molecular complexity index is 1360. The summed E-state index contributed by atoms with van der Waals surface area (Å²) in [5, 5.41) is 9.79. The number of benzene rings is 1. The number of nitriles is 1. The van der Waals surface area contributed by atoms with Gasteiger partial charge in [-0.15, -0.1) is 0 Å². The minimum Gasteiger partial charge on any atom is -0.438 e. The summed E-state index contributed by atoms with van der Waals surface area (Å²) in [6, 6.07) is 13.1. The van der Waals surface area contributed by atoms with E-state index in [4.69, 9.17) is 4.74 Å². The molecule has 3 heterocycles. The fourth-order valence-electron chi connectivity index (χ4n) is 4.15. The van der Waals surface area contributed by atoms with Gasteiger partial charge in [0, 0.05) is 19.3 Å². The Labute approximate surface area is 198 Å². The van der Waals surface area contributed by atoms with Gasteiger partial charge in [0.05, 0.1) is 0 Å². The summed E-state index contributed by atoms with van der Waals surface area (Å²) in [6.07, 6.45) is 5.81. The van der Waals surface area contributed by atoms with E-state index in [0.29, 0.717) is 24.5 Å². The highest BCUT2D eigenvalue weighted by atomic mass is 16.5. The normalized spacial score (nSPS) is 14.3. The van der Waals surface area contributed by atoms with Crippen molar-refractivity contribution in [3.63, 3.8) is 0 Å². The third-order valence-corrected chi connectivity index (χ3v) is 6.01. The molecule has 0 atom stereocenters. The van der Waals surface area contributed by atoms with E-state index in [9.17, 15) is 14.9 Å². The lowest BCUT2D eigenvalue weighted by Gasteiger charge is -2.26. The van der Waals surface area contributed by atoms with Crippen molar-refractivity contribution in [2.24, 2.45) is 0 Å². The lowest BCUT2D eigenvalue weighted by atomic mass is 10.0. The number of amides is 1. The average molecular weight is 457 g/mol. The van der Waals surface area contributed by atoms with Crippen LogP contribution in [0.5, 0.6) is 11.6 Å². The van der Waals surface area contributed by atoms with Crippen molar-refractivity contribution in [1.82, 2.24) is 14.3 Å². The van der Waals surface area contributed by atoms with Crippen molar-refractivity contribution < 1.29 is 9.53 Å². The molecule has 7 nitrogen and oxygen atoms in total. The van der Waals surface area contributed by atoms with E-state index < -0.39 is 5.56 Å². The van der Waals surface area contributed by atoms with Crippen molar-refractivity contribution in [3.05, 3.63) is 75.2 Å². The molecule has 0 bridgehead atoms. The first-order valence-electron chi connectivity index (χ1n) is 11.6. The van der Waals surface area contributed by atoms with Crippen LogP contribution < -0.4 is 10.3 Å². The number of rotatable bonds is 5. The monoisotopic (exact) mass is 456 g/mol. The quantitative estimate of drug-likeness (QED) is 0.405. The van der Waals surface area contributed by atoms with Crippen LogP contribution in [-0.2, 0) is 4.79 Å². The van der Waals surface area contributed by atoms with E-state index >= 15 is 0 Å². The van der Waals surface area contributed by atoms with E-state index in [-0.39, 0.29) is 28.8 Å². The topological polar surface area (TPSA) is 87.7 Å². The SMILES string of the molecule is Cc1ccc(C(C)C)c(Oc2nc3ccccn3c(=O)c2C=C(C#N)C(=O)N2CCCCC2)c1. The molecule has 4 rings (SSSR count). The molecule has 34 heavy (non-hydrogen) atoms. The van der Waals surface area contributed by atoms with E-state index in [1.165, 1.54) is 10.5 Å². The van der Waals surface area contributed by atoms with Crippen LogP contribution in [-0.4, -0.2) is 33.3 Å². The van der Waals surface area contributed by atoms with Crippen LogP contribution in [0.2, 0.25) is 0 Å². The smallest absolute Gasteiger partial charge is 0.269 e. The van der Waals surface area contributed by atoms with Gasteiger partial charge in [0.15, 0.2) is 0 Å². The molecule has 3 aromatic rings. The van der Waals surface area contributed by atoms with Crippen molar-refractivity contribution >= 4 is 17.6 Å². The molecule has 174 valence electrons. The second-order valence-electron chi connectivity index (χ2n) is 8.89. The van der Waals surface area contributed by atoms with Gasteiger partial charge in [-0.3, -0.25) is 14.0 Å². The molecule has 1 amide bonds. The van der Waals surface area contributed by atoms with E-state index in [2.05, 4.69) is 18.8 Å². The molecule has 1 saturated heterocycles. The molecule has 1 aliphatic rings. The molecule has 1 aromatic carbocycles. The summed E-state index contributed by atoms with van der Waals surface area (Å²) < 4.78 is 7.63. The number of carbonyl (C=O) groups excluding carboxylic acids is 1. The minimum absolute atomic E-state index is 0.0711. The number of fused-ring (bicyclic) bond motifs is 1. The van der Waals surface area contributed by atoms with Gasteiger partial charge in [0.1, 0.15) is 28.6 Å². The summed E-state index contributed by atoms with van der Waals surface area (Å²) in [5.41, 5.74) is 1.96. The molecule has 7 heteroatoms. The van der Waals surface area contributed by atoms with Crippen LogP contribution in [0.25, 0.3) is 11.7 Å². The van der Waals surface area contributed by atoms with Gasteiger partial charge in [-0.2, -0.15) is 10.2 Å². The largest absolute Gasteiger partial charge is 0.438 e. The molecule has 0 N–H and O–H groups in total. The van der Waals surface area contributed by atoms with E-state index in [1.807, 2.05) is 31.2 Å². The number of aromatic nitrogens is 2. The number of piperidine rings is 1. The molecule has 0 unspecified atom stereocenters. The van der Waals surface area contributed by atoms with Crippen LogP contribution in [0, 0.1) is 18.3 Å². The standard InChI is InChI=1S/C27H28N4O3/c1-18(2)21-11-10-19(3)15-23(21)34-25-22(27(33)31-14-8-5-9-24(31)29-25)16-20(17-28)26(32)30-12-6-4-7-13-30/h5,8-11,14-16,18H,4,6-7,12-13H2,1-3H3. The van der Waals surface area contributed by atoms with E-state index in [1.54, 1.807) is 29.3 Å². The Kier molecular flexibility index (Phi) is 6.78. The number of carbonyl (C=O) groups is 1. The highest BCUT2D eigenvalue weighted by molar-refractivity contribution is 6.02. The maximum Gasteiger partial charge on any atom is 0.269 e. The fourth-order valence-corrected chi connectivity index (χ4v) is 4.15. The predicted molar refractivity (Wildman–Crippen MR) is 131 cm³/mol. The Morgan fingerprint density at radius 2 is 1.94 bits per heavy atom. The van der Waals surface area contributed by atoms with Gasteiger partial charge in [-0.25, -0.2) is 0 Å². The Morgan fingerprint density at radius 3 is 2.65 bits per heavy atom. The maximum absolute atomic E-state index is 13.4. The number of nitrogens with zero attached hydrogens (tertiary/aromatic N) is 4. The summed E-state index contributed by atoms with van der Waals surface area (Å²) in [4.78, 5) is 32.7. The Hall–Kier alpha value is -3.92. The van der Waals surface area contributed by atoms with Gasteiger partial charge in [0.25, 0.3) is 11.5 Å². The first-order chi connectivity index (χ1) is 16.4. The zero-order valence-corrected chi connectivity index (χ0v) is 19.7. The molecule has 1 aliphatic heterocycles. The molecule has 0 spiro atoms. The fraction of sp³-hybridized carbons (Fsp3) is 0.333. The van der Waals surface area contributed by atoms with Crippen molar-refractivity contribution in [2.45, 2.75) is 46.0 Å². The Balaban J connectivity index is 1.87. The molecule has 0 aliphatic carbocycles. The first-order valence-corrected chi connectivity index (χ1v) is 11.6. The summed E-state index contributed by atoms with van der Waals surface area (Å²) in [7, 11) is 0. The lowest BCUT2D eigenvalue weighted by molar-refractivity contribution is -0.127. The van der Waals surface area contributed by atoms with Gasteiger partial charge < -0.3 is 9.64 Å². The second kappa shape index (κ2) is 9.92. The summed E-state index contributed by atoms with van der Waals surface area (Å²) >= 11 is 0. The van der Waals surface area contributed by atoms with E-state index in [0.717, 1.165) is 30.4 Å². The third-order valence-electron chi connectivity index (χ3n) is 6.01.